The first-order valence-electron chi connectivity index (χ1n) is 25.8. The largest absolute Gasteiger partial charge is 0.493 e. The normalized spacial score (nSPS) is 12.9. The van der Waals surface area contributed by atoms with Crippen molar-refractivity contribution in [3.8, 4) is 45.5 Å². The molecule has 0 fully saturated rings. The van der Waals surface area contributed by atoms with Gasteiger partial charge in [0.1, 0.15) is 17.3 Å². The lowest BCUT2D eigenvalue weighted by atomic mass is 9.96. The number of ether oxygens (including phenoxy) is 4. The Morgan fingerprint density at radius 3 is 1.83 bits per heavy atom. The summed E-state index contributed by atoms with van der Waals surface area (Å²) in [5, 5.41) is 23.9. The van der Waals surface area contributed by atoms with E-state index in [4.69, 9.17) is 28.9 Å². The van der Waals surface area contributed by atoms with E-state index < -0.39 is 0 Å². The smallest absolute Gasteiger partial charge is 0.330 e. The topological polar surface area (TPSA) is 223 Å². The summed E-state index contributed by atoms with van der Waals surface area (Å²) < 4.78 is 31.5. The fraction of sp³-hybridized carbons (Fsp3) is 0.357. The maximum absolute atomic E-state index is 14.7. The maximum Gasteiger partial charge on any atom is 0.330 e. The molecule has 0 saturated heterocycles. The molecule has 20 nitrogen and oxygen atoms in total. The van der Waals surface area contributed by atoms with Crippen molar-refractivity contribution < 1.29 is 18.9 Å². The number of hydrogen-bond acceptors (Lipinski definition) is 14. The number of aryl methyl sites for hydroxylation is 7. The van der Waals surface area contributed by atoms with Gasteiger partial charge in [0, 0.05) is 68.9 Å². The molecular weight excluding hydrogens is 965 g/mol. The highest BCUT2D eigenvalue weighted by molar-refractivity contribution is 5.71. The molecule has 2 aliphatic rings. The van der Waals surface area contributed by atoms with Crippen LogP contribution < -0.4 is 51.9 Å². The zero-order chi connectivity index (χ0) is 53.0. The Hall–Kier alpha value is -8.68. The number of benzene rings is 4. The molecule has 0 saturated carbocycles. The Labute approximate surface area is 439 Å². The molecule has 0 bridgehead atoms. The van der Waals surface area contributed by atoms with Gasteiger partial charge in [-0.3, -0.25) is 28.5 Å². The standard InChI is InChI=1S/C56H64N14O6/c1-9-75-47-25-38-11-17-67-44(41(38)27-45(47)73-7)30-51(69(55(67)71)16-10-14-58-54-59-32-61-65-54)63-53-37(6)23-34(3)24-40(53)13-20-76-48-26-39-12-18-68-43(42(39)28-46(48)74-8)29-50(62-52-35(4)21-33(2)22-36(52)5)70(56(68)72)19-15-57-49-31-60-66-64-49/h21-32H,9-20H2,1-8H3,(H2,57,60,64,66)(H2,58,59,61,65)/b62-50+,63-51+. The number of H-pyrrole nitrogens is 2. The van der Waals surface area contributed by atoms with Gasteiger partial charge in [0.25, 0.3) is 0 Å². The van der Waals surface area contributed by atoms with Crippen molar-refractivity contribution in [2.24, 2.45) is 9.98 Å². The van der Waals surface area contributed by atoms with Crippen LogP contribution in [0.2, 0.25) is 0 Å². The number of methoxy groups -OCH3 is 2. The molecule has 0 unspecified atom stereocenters. The molecular formula is C56H64N14O6. The van der Waals surface area contributed by atoms with Gasteiger partial charge < -0.3 is 29.6 Å². The van der Waals surface area contributed by atoms with E-state index in [0.717, 1.165) is 78.4 Å². The van der Waals surface area contributed by atoms with E-state index in [-0.39, 0.29) is 11.4 Å². The Kier molecular flexibility index (Phi) is 14.7. The Balaban J connectivity index is 0.979. The van der Waals surface area contributed by atoms with Crippen LogP contribution in [0.3, 0.4) is 0 Å². The molecule has 0 atom stereocenters. The van der Waals surface area contributed by atoms with Crippen molar-refractivity contribution in [1.82, 2.24) is 48.9 Å². The summed E-state index contributed by atoms with van der Waals surface area (Å²) in [6.45, 7) is 15.8. The number of hydrogen-bond donors (Lipinski definition) is 4. The maximum atomic E-state index is 14.7. The zero-order valence-electron chi connectivity index (χ0n) is 44.3. The van der Waals surface area contributed by atoms with E-state index in [1.807, 2.05) is 66.3 Å². The molecule has 8 aromatic rings. The number of nitrogens with one attached hydrogen (secondary N) is 4. The van der Waals surface area contributed by atoms with Gasteiger partial charge >= 0.3 is 11.4 Å². The molecule has 4 aromatic heterocycles. The second-order valence-electron chi connectivity index (χ2n) is 19.2. The van der Waals surface area contributed by atoms with Crippen molar-refractivity contribution in [2.75, 3.05) is 51.2 Å². The highest BCUT2D eigenvalue weighted by atomic mass is 16.5. The molecule has 0 radical (unpaired) electrons. The zero-order valence-corrected chi connectivity index (χ0v) is 44.3. The average molecular weight is 1030 g/mol. The second-order valence-corrected chi connectivity index (χ2v) is 19.2. The van der Waals surface area contributed by atoms with Crippen LogP contribution in [0.15, 0.2) is 92.8 Å². The lowest BCUT2D eigenvalue weighted by Gasteiger charge is -2.25. The molecule has 0 amide bonds. The lowest BCUT2D eigenvalue weighted by Crippen LogP contribution is -2.43. The Bertz CT molecular complexity index is 3700. The van der Waals surface area contributed by atoms with Gasteiger partial charge in [-0.25, -0.2) is 24.6 Å². The van der Waals surface area contributed by atoms with Crippen LogP contribution in [0.4, 0.5) is 23.1 Å². The van der Waals surface area contributed by atoms with Crippen LogP contribution in [0.5, 0.6) is 23.0 Å². The van der Waals surface area contributed by atoms with Crippen molar-refractivity contribution in [3.05, 3.63) is 150 Å². The Morgan fingerprint density at radius 1 is 0.658 bits per heavy atom. The number of anilines is 2. The fourth-order valence-electron chi connectivity index (χ4n) is 10.6. The predicted octanol–water partition coefficient (Wildman–Crippen LogP) is 6.95. The van der Waals surface area contributed by atoms with Crippen molar-refractivity contribution in [1.29, 1.82) is 0 Å². The summed E-state index contributed by atoms with van der Waals surface area (Å²) in [7, 11) is 3.25. The van der Waals surface area contributed by atoms with Crippen LogP contribution in [0, 0.1) is 34.6 Å². The summed E-state index contributed by atoms with van der Waals surface area (Å²) in [4.78, 5) is 44.0. The van der Waals surface area contributed by atoms with Gasteiger partial charge in [-0.15, -0.1) is 10.2 Å². The van der Waals surface area contributed by atoms with Crippen LogP contribution in [-0.2, 0) is 45.4 Å². The van der Waals surface area contributed by atoms with Gasteiger partial charge in [0.2, 0.25) is 5.95 Å². The molecule has 0 aliphatic carbocycles. The molecule has 2 aliphatic heterocycles. The van der Waals surface area contributed by atoms with Crippen molar-refractivity contribution in [2.45, 2.75) is 93.4 Å². The van der Waals surface area contributed by atoms with E-state index in [9.17, 15) is 9.59 Å². The highest BCUT2D eigenvalue weighted by Gasteiger charge is 2.25. The van der Waals surface area contributed by atoms with Crippen LogP contribution in [-0.4, -0.2) is 89.4 Å². The molecule has 10 rings (SSSR count). The minimum absolute atomic E-state index is 0.146. The van der Waals surface area contributed by atoms with Crippen LogP contribution in [0.25, 0.3) is 22.5 Å². The van der Waals surface area contributed by atoms with E-state index in [1.54, 1.807) is 29.6 Å². The fourth-order valence-corrected chi connectivity index (χ4v) is 10.6. The van der Waals surface area contributed by atoms with Crippen molar-refractivity contribution in [3.63, 3.8) is 0 Å². The summed E-state index contributed by atoms with van der Waals surface area (Å²) in [6.07, 6.45) is 5.59. The summed E-state index contributed by atoms with van der Waals surface area (Å²) in [5.74, 6) is 3.50. The number of fused-ring (bicyclic) bond motifs is 6. The van der Waals surface area contributed by atoms with Crippen LogP contribution in [0.1, 0.15) is 57.9 Å². The van der Waals surface area contributed by atoms with Crippen molar-refractivity contribution >= 4 is 23.1 Å². The number of rotatable bonds is 19. The third-order valence-corrected chi connectivity index (χ3v) is 14.0. The first-order chi connectivity index (χ1) is 36.9. The summed E-state index contributed by atoms with van der Waals surface area (Å²) >= 11 is 0. The van der Waals surface area contributed by atoms with Gasteiger partial charge in [-0.2, -0.15) is 0 Å². The molecule has 0 spiro atoms. The third-order valence-electron chi connectivity index (χ3n) is 14.0. The van der Waals surface area contributed by atoms with Crippen LogP contribution >= 0.6 is 0 Å². The molecule has 4 aromatic carbocycles. The molecule has 6 heterocycles. The SMILES string of the molecule is CCOc1cc2c(cc1OC)-c1c/c(=N\c3c(C)cc(C)cc3CCOc3cc4c(cc3OC)-c3c/c(=N\c5c(C)cc(C)cc5C)n(CCNc5c[nH]nn5)c(=O)n3CC4)n(CCCNc3nc[nH]n3)c(=O)n1CC2. The van der Waals surface area contributed by atoms with E-state index >= 15 is 0 Å². The third kappa shape index (κ3) is 10.4. The van der Waals surface area contributed by atoms with E-state index in [2.05, 4.69) is 86.3 Å². The highest BCUT2D eigenvalue weighted by Crippen LogP contribution is 2.40. The minimum atomic E-state index is -0.160. The monoisotopic (exact) mass is 1030 g/mol. The predicted molar refractivity (Wildman–Crippen MR) is 291 cm³/mol. The molecule has 394 valence electrons. The first-order valence-corrected chi connectivity index (χ1v) is 25.8. The first kappa shape index (κ1) is 50.8. The Morgan fingerprint density at radius 2 is 1.25 bits per heavy atom. The number of aromatic amines is 2. The van der Waals surface area contributed by atoms with E-state index in [0.29, 0.717) is 124 Å². The van der Waals surface area contributed by atoms with Gasteiger partial charge in [0.05, 0.1) is 56.4 Å². The lowest BCUT2D eigenvalue weighted by molar-refractivity contribution is 0.297. The summed E-state index contributed by atoms with van der Waals surface area (Å²) in [6, 6.07) is 20.5. The van der Waals surface area contributed by atoms with Gasteiger partial charge in [-0.1, -0.05) is 40.6 Å². The number of nitrogens with zero attached hydrogens (tertiary/aromatic N) is 10. The number of aromatic nitrogens is 10. The molecule has 76 heavy (non-hydrogen) atoms. The second kappa shape index (κ2) is 22.0. The quantitative estimate of drug-likeness (QED) is 0.0604. The van der Waals surface area contributed by atoms with Gasteiger partial charge in [0.15, 0.2) is 28.8 Å². The molecule has 4 N–H and O–H groups in total. The minimum Gasteiger partial charge on any atom is -0.493 e. The average Bonchev–Trinajstić information content (AvgIpc) is 4.15. The van der Waals surface area contributed by atoms with E-state index in [1.165, 1.54) is 6.33 Å². The van der Waals surface area contributed by atoms with Gasteiger partial charge in [-0.05, 0) is 118 Å². The summed E-state index contributed by atoms with van der Waals surface area (Å²) in [5.41, 5.74) is 14.0. The molecule has 20 heteroatoms.